The molecule has 0 unspecified atom stereocenters. The second-order valence-electron chi connectivity index (χ2n) is 4.48. The highest BCUT2D eigenvalue weighted by Crippen LogP contribution is 2.20. The smallest absolute Gasteiger partial charge is 0.201 e. The van der Waals surface area contributed by atoms with Gasteiger partial charge >= 0.3 is 0 Å². The summed E-state index contributed by atoms with van der Waals surface area (Å²) >= 11 is 0. The van der Waals surface area contributed by atoms with Gasteiger partial charge < -0.3 is 14.8 Å². The molecule has 0 atom stereocenters. The zero-order valence-corrected chi connectivity index (χ0v) is 10.3. The molecule has 3 aromatic rings. The maximum atomic E-state index is 5.95. The first-order valence-corrected chi connectivity index (χ1v) is 5.78. The van der Waals surface area contributed by atoms with Gasteiger partial charge in [0, 0.05) is 6.07 Å². The largest absolute Gasteiger partial charge is 0.369 e. The number of benzene rings is 1. The van der Waals surface area contributed by atoms with E-state index in [1.807, 2.05) is 42.7 Å². The Morgan fingerprint density at radius 1 is 1.28 bits per heavy atom. The summed E-state index contributed by atoms with van der Waals surface area (Å²) in [5.41, 5.74) is 9.89. The molecule has 2 heterocycles. The van der Waals surface area contributed by atoms with E-state index < -0.39 is 0 Å². The van der Waals surface area contributed by atoms with Gasteiger partial charge in [0.1, 0.15) is 0 Å². The Morgan fingerprint density at radius 2 is 2.11 bits per heavy atom. The van der Waals surface area contributed by atoms with Crippen molar-refractivity contribution in [2.75, 3.05) is 5.73 Å². The molecule has 0 saturated heterocycles. The number of hydrogen-bond donors (Lipinski definition) is 1. The van der Waals surface area contributed by atoms with Gasteiger partial charge in [-0.3, -0.25) is 0 Å². The molecule has 3 rings (SSSR count). The minimum absolute atomic E-state index is 0.490. The molecular weight excluding hydrogens is 228 g/mol. The summed E-state index contributed by atoms with van der Waals surface area (Å²) in [6.07, 6.45) is 0. The normalized spacial score (nSPS) is 11.2. The molecule has 0 fully saturated rings. The van der Waals surface area contributed by atoms with Gasteiger partial charge in [-0.2, -0.15) is 0 Å². The molecular formula is C13H14N4O. The van der Waals surface area contributed by atoms with E-state index in [1.54, 1.807) is 0 Å². The third-order valence-electron chi connectivity index (χ3n) is 2.92. The maximum absolute atomic E-state index is 5.95. The molecule has 0 bridgehead atoms. The lowest BCUT2D eigenvalue weighted by atomic mass is 10.2. The third kappa shape index (κ3) is 1.73. The van der Waals surface area contributed by atoms with E-state index in [-0.39, 0.29) is 0 Å². The van der Waals surface area contributed by atoms with E-state index in [2.05, 4.69) is 10.1 Å². The van der Waals surface area contributed by atoms with Gasteiger partial charge in [-0.1, -0.05) is 11.2 Å². The van der Waals surface area contributed by atoms with E-state index >= 15 is 0 Å². The zero-order chi connectivity index (χ0) is 12.7. The predicted molar refractivity (Wildman–Crippen MR) is 69.2 cm³/mol. The molecule has 2 N–H and O–H groups in total. The standard InChI is InChI=1S/C13H14N4O/c1-8-3-4-12-11(5-8)15-13(14)17(12)7-10-6-9(2)16-18-10/h3-6H,7H2,1-2H3,(H2,14,15). The lowest BCUT2D eigenvalue weighted by Gasteiger charge is -2.03. The number of nitrogens with zero attached hydrogens (tertiary/aromatic N) is 3. The minimum Gasteiger partial charge on any atom is -0.369 e. The number of nitrogen functional groups attached to an aromatic ring is 1. The summed E-state index contributed by atoms with van der Waals surface area (Å²) < 4.78 is 7.14. The second kappa shape index (κ2) is 3.87. The van der Waals surface area contributed by atoms with Gasteiger partial charge in [0.15, 0.2) is 5.76 Å². The summed E-state index contributed by atoms with van der Waals surface area (Å²) in [6, 6.07) is 8.00. The Bertz CT molecular complexity index is 711. The molecule has 0 amide bonds. The van der Waals surface area contributed by atoms with Crippen LogP contribution in [0, 0.1) is 13.8 Å². The van der Waals surface area contributed by atoms with Crippen LogP contribution in [0.3, 0.4) is 0 Å². The topological polar surface area (TPSA) is 69.9 Å². The van der Waals surface area contributed by atoms with Crippen molar-refractivity contribution in [2.45, 2.75) is 20.4 Å². The predicted octanol–water partition coefficient (Wildman–Crippen LogP) is 2.27. The van der Waals surface area contributed by atoms with Crippen LogP contribution in [-0.2, 0) is 6.54 Å². The summed E-state index contributed by atoms with van der Waals surface area (Å²) in [4.78, 5) is 4.36. The maximum Gasteiger partial charge on any atom is 0.201 e. The van der Waals surface area contributed by atoms with E-state index in [9.17, 15) is 0 Å². The van der Waals surface area contributed by atoms with Crippen LogP contribution in [0.2, 0.25) is 0 Å². The fourth-order valence-electron chi connectivity index (χ4n) is 2.07. The first kappa shape index (κ1) is 10.8. The van der Waals surface area contributed by atoms with E-state index in [1.165, 1.54) is 5.56 Å². The Hall–Kier alpha value is -2.30. The summed E-state index contributed by atoms with van der Waals surface area (Å²) in [5.74, 6) is 1.27. The van der Waals surface area contributed by atoms with Crippen LogP contribution in [0.5, 0.6) is 0 Å². The van der Waals surface area contributed by atoms with Crippen molar-refractivity contribution in [3.63, 3.8) is 0 Å². The SMILES string of the molecule is Cc1ccc2c(c1)nc(N)n2Cc1cc(C)no1. The lowest BCUT2D eigenvalue weighted by Crippen LogP contribution is -2.03. The number of imidazole rings is 1. The van der Waals surface area contributed by atoms with Crippen molar-refractivity contribution in [1.82, 2.24) is 14.7 Å². The molecule has 0 aliphatic rings. The fourth-order valence-corrected chi connectivity index (χ4v) is 2.07. The fraction of sp³-hybridized carbons (Fsp3) is 0.231. The molecule has 0 radical (unpaired) electrons. The number of aryl methyl sites for hydroxylation is 2. The van der Waals surface area contributed by atoms with Crippen molar-refractivity contribution in [2.24, 2.45) is 0 Å². The minimum atomic E-state index is 0.490. The molecule has 18 heavy (non-hydrogen) atoms. The van der Waals surface area contributed by atoms with E-state index in [0.717, 1.165) is 22.5 Å². The summed E-state index contributed by atoms with van der Waals surface area (Å²) in [7, 11) is 0. The molecule has 1 aromatic carbocycles. The summed E-state index contributed by atoms with van der Waals surface area (Å²) in [6.45, 7) is 4.48. The molecule has 5 heteroatoms. The molecule has 5 nitrogen and oxygen atoms in total. The van der Waals surface area contributed by atoms with Crippen LogP contribution in [0.4, 0.5) is 5.95 Å². The molecule has 2 aromatic heterocycles. The van der Waals surface area contributed by atoms with Crippen LogP contribution in [-0.4, -0.2) is 14.7 Å². The quantitative estimate of drug-likeness (QED) is 0.748. The average Bonchev–Trinajstić information content (AvgIpc) is 2.84. The number of fused-ring (bicyclic) bond motifs is 1. The number of aromatic nitrogens is 3. The molecule has 0 spiro atoms. The number of nitrogens with two attached hydrogens (primary N) is 1. The van der Waals surface area contributed by atoms with Crippen LogP contribution < -0.4 is 5.73 Å². The Morgan fingerprint density at radius 3 is 2.83 bits per heavy atom. The third-order valence-corrected chi connectivity index (χ3v) is 2.92. The van der Waals surface area contributed by atoms with Crippen LogP contribution in [0.25, 0.3) is 11.0 Å². The van der Waals surface area contributed by atoms with Crippen molar-refractivity contribution in [3.8, 4) is 0 Å². The van der Waals surface area contributed by atoms with Gasteiger partial charge in [-0.05, 0) is 31.5 Å². The molecule has 0 aliphatic carbocycles. The average molecular weight is 242 g/mol. The van der Waals surface area contributed by atoms with Crippen molar-refractivity contribution < 1.29 is 4.52 Å². The number of rotatable bonds is 2. The van der Waals surface area contributed by atoms with Crippen molar-refractivity contribution in [1.29, 1.82) is 0 Å². The number of hydrogen-bond acceptors (Lipinski definition) is 4. The first-order valence-electron chi connectivity index (χ1n) is 5.78. The lowest BCUT2D eigenvalue weighted by molar-refractivity contribution is 0.374. The highest BCUT2D eigenvalue weighted by molar-refractivity contribution is 5.79. The second-order valence-corrected chi connectivity index (χ2v) is 4.48. The highest BCUT2D eigenvalue weighted by atomic mass is 16.5. The van der Waals surface area contributed by atoms with Crippen molar-refractivity contribution in [3.05, 3.63) is 41.3 Å². The number of anilines is 1. The van der Waals surface area contributed by atoms with Gasteiger partial charge in [0.25, 0.3) is 0 Å². The van der Waals surface area contributed by atoms with Crippen molar-refractivity contribution >= 4 is 17.0 Å². The highest BCUT2D eigenvalue weighted by Gasteiger charge is 2.10. The van der Waals surface area contributed by atoms with Gasteiger partial charge in [-0.25, -0.2) is 4.98 Å². The van der Waals surface area contributed by atoms with E-state index in [4.69, 9.17) is 10.3 Å². The van der Waals surface area contributed by atoms with Crippen LogP contribution in [0.1, 0.15) is 17.0 Å². The summed E-state index contributed by atoms with van der Waals surface area (Å²) in [5, 5.41) is 3.87. The zero-order valence-electron chi connectivity index (χ0n) is 10.3. The van der Waals surface area contributed by atoms with Gasteiger partial charge in [0.2, 0.25) is 5.95 Å². The molecule has 0 aliphatic heterocycles. The monoisotopic (exact) mass is 242 g/mol. The Balaban J connectivity index is 2.08. The first-order chi connectivity index (χ1) is 8.63. The molecule has 92 valence electrons. The van der Waals surface area contributed by atoms with Gasteiger partial charge in [0.05, 0.1) is 23.3 Å². The van der Waals surface area contributed by atoms with Crippen LogP contribution in [0.15, 0.2) is 28.8 Å². The van der Waals surface area contributed by atoms with Gasteiger partial charge in [-0.15, -0.1) is 0 Å². The molecule has 0 saturated carbocycles. The Kier molecular flexibility index (Phi) is 2.33. The van der Waals surface area contributed by atoms with Crippen LogP contribution >= 0.6 is 0 Å². The Labute approximate surface area is 104 Å². The van der Waals surface area contributed by atoms with E-state index in [0.29, 0.717) is 12.5 Å².